The van der Waals surface area contributed by atoms with Crippen molar-refractivity contribution in [3.63, 3.8) is 0 Å². The first-order valence-corrected chi connectivity index (χ1v) is 11.0. The molecule has 0 saturated heterocycles. The van der Waals surface area contributed by atoms with E-state index in [1.807, 2.05) is 55.8 Å². The lowest BCUT2D eigenvalue weighted by molar-refractivity contribution is -0.113. The summed E-state index contributed by atoms with van der Waals surface area (Å²) >= 11 is 10.9. The van der Waals surface area contributed by atoms with Crippen LogP contribution in [0.1, 0.15) is 24.4 Å². The highest BCUT2D eigenvalue weighted by atomic mass is 79.9. The third-order valence-electron chi connectivity index (χ3n) is 4.15. The van der Waals surface area contributed by atoms with Gasteiger partial charge in [-0.25, -0.2) is 0 Å². The third kappa shape index (κ3) is 5.52. The van der Waals surface area contributed by atoms with E-state index < -0.39 is 0 Å². The molecule has 1 heterocycles. The predicted octanol–water partition coefficient (Wildman–Crippen LogP) is 5.41. The van der Waals surface area contributed by atoms with Crippen molar-refractivity contribution in [2.24, 2.45) is 7.05 Å². The highest BCUT2D eigenvalue weighted by Crippen LogP contribution is 2.29. The number of aryl methyl sites for hydroxylation is 1. The van der Waals surface area contributed by atoms with Crippen LogP contribution in [0, 0.1) is 6.92 Å². The molecule has 1 aromatic heterocycles. The number of carbonyl (C=O) groups is 1. The molecule has 0 bridgehead atoms. The van der Waals surface area contributed by atoms with E-state index in [0.29, 0.717) is 21.8 Å². The number of rotatable bonds is 7. The van der Waals surface area contributed by atoms with Gasteiger partial charge in [0.25, 0.3) is 0 Å². The molecule has 152 valence electrons. The zero-order valence-corrected chi connectivity index (χ0v) is 19.3. The lowest BCUT2D eigenvalue weighted by Gasteiger charge is -2.15. The van der Waals surface area contributed by atoms with Crippen molar-refractivity contribution >= 4 is 50.9 Å². The van der Waals surface area contributed by atoms with Crippen LogP contribution in [-0.4, -0.2) is 26.4 Å². The predicted molar refractivity (Wildman–Crippen MR) is 120 cm³/mol. The first-order chi connectivity index (χ1) is 13.8. The van der Waals surface area contributed by atoms with E-state index in [0.717, 1.165) is 15.7 Å². The molecule has 9 heteroatoms. The van der Waals surface area contributed by atoms with Gasteiger partial charge in [-0.15, -0.1) is 10.2 Å². The molecule has 0 spiro atoms. The summed E-state index contributed by atoms with van der Waals surface area (Å²) in [6.45, 7) is 3.85. The molecule has 0 radical (unpaired) electrons. The number of ether oxygens (including phenoxy) is 1. The first-order valence-electron chi connectivity index (χ1n) is 8.84. The van der Waals surface area contributed by atoms with Gasteiger partial charge in [0.05, 0.1) is 10.8 Å². The topological polar surface area (TPSA) is 69.0 Å². The molecule has 3 rings (SSSR count). The Morgan fingerprint density at radius 3 is 2.79 bits per heavy atom. The maximum Gasteiger partial charge on any atom is 0.234 e. The molecule has 6 nitrogen and oxygen atoms in total. The lowest BCUT2D eigenvalue weighted by Crippen LogP contribution is -2.15. The number of halogens is 2. The van der Waals surface area contributed by atoms with E-state index in [1.165, 1.54) is 11.8 Å². The number of amides is 1. The average Bonchev–Trinajstić information content (AvgIpc) is 3.05. The Balaban J connectivity index is 1.59. The molecule has 0 aliphatic carbocycles. The minimum atomic E-state index is -0.346. The Morgan fingerprint density at radius 2 is 2.07 bits per heavy atom. The van der Waals surface area contributed by atoms with Crippen LogP contribution in [0.3, 0.4) is 0 Å². The van der Waals surface area contributed by atoms with Crippen LogP contribution in [0.5, 0.6) is 5.75 Å². The maximum atomic E-state index is 12.3. The van der Waals surface area contributed by atoms with Crippen molar-refractivity contribution in [2.45, 2.75) is 25.1 Å². The largest absolute Gasteiger partial charge is 0.481 e. The second-order valence-electron chi connectivity index (χ2n) is 6.39. The molecular weight excluding hydrogens is 476 g/mol. The Morgan fingerprint density at radius 1 is 1.31 bits per heavy atom. The summed E-state index contributed by atoms with van der Waals surface area (Å²) in [4.78, 5) is 12.3. The fourth-order valence-corrected chi connectivity index (χ4v) is 3.78. The van der Waals surface area contributed by atoms with E-state index in [9.17, 15) is 4.79 Å². The van der Waals surface area contributed by atoms with Crippen LogP contribution in [-0.2, 0) is 11.8 Å². The Kier molecular flexibility index (Phi) is 7.21. The van der Waals surface area contributed by atoms with Crippen LogP contribution in [0.25, 0.3) is 0 Å². The molecule has 2 aromatic carbocycles. The number of aromatic nitrogens is 3. The minimum Gasteiger partial charge on any atom is -0.481 e. The van der Waals surface area contributed by atoms with Crippen molar-refractivity contribution in [3.05, 3.63) is 63.3 Å². The zero-order chi connectivity index (χ0) is 21.0. The van der Waals surface area contributed by atoms with Gasteiger partial charge in [0.1, 0.15) is 5.75 Å². The van der Waals surface area contributed by atoms with E-state index in [4.69, 9.17) is 16.3 Å². The third-order valence-corrected chi connectivity index (χ3v) is 6.37. The van der Waals surface area contributed by atoms with Crippen LogP contribution in [0.2, 0.25) is 5.02 Å². The standard InChI is InChI=1S/C20H20BrClN4O2S/c1-12-10-14(8-9-15(12)21)23-18(27)11-29-20-25-24-19(26(20)3)13(2)28-17-7-5-4-6-16(17)22/h4-10,13H,11H2,1-3H3,(H,23,27)/t13-/m1/s1. The van der Waals surface area contributed by atoms with Crippen molar-refractivity contribution in [3.8, 4) is 5.75 Å². The van der Waals surface area contributed by atoms with Crippen molar-refractivity contribution in [1.29, 1.82) is 0 Å². The Hall–Kier alpha value is -2.03. The van der Waals surface area contributed by atoms with Crippen molar-refractivity contribution < 1.29 is 9.53 Å². The van der Waals surface area contributed by atoms with Crippen LogP contribution in [0.4, 0.5) is 5.69 Å². The van der Waals surface area contributed by atoms with Crippen molar-refractivity contribution in [1.82, 2.24) is 14.8 Å². The van der Waals surface area contributed by atoms with E-state index in [1.54, 1.807) is 12.1 Å². The maximum absolute atomic E-state index is 12.3. The van der Waals surface area contributed by atoms with Gasteiger partial charge in [0.15, 0.2) is 17.1 Å². The van der Waals surface area contributed by atoms with Gasteiger partial charge in [0, 0.05) is 17.2 Å². The molecule has 1 amide bonds. The number of hydrogen-bond acceptors (Lipinski definition) is 5. The molecule has 1 N–H and O–H groups in total. The van der Waals surface area contributed by atoms with Gasteiger partial charge < -0.3 is 14.6 Å². The van der Waals surface area contributed by atoms with Gasteiger partial charge in [-0.05, 0) is 49.7 Å². The normalized spacial score (nSPS) is 11.9. The quantitative estimate of drug-likeness (QED) is 0.444. The Labute approximate surface area is 187 Å². The van der Waals surface area contributed by atoms with E-state index in [2.05, 4.69) is 31.4 Å². The second-order valence-corrected chi connectivity index (χ2v) is 8.60. The molecule has 0 fully saturated rings. The molecule has 0 unspecified atom stereocenters. The zero-order valence-electron chi connectivity index (χ0n) is 16.1. The summed E-state index contributed by atoms with van der Waals surface area (Å²) in [6.07, 6.45) is -0.346. The van der Waals surface area contributed by atoms with Gasteiger partial charge in [-0.1, -0.05) is 51.4 Å². The first kappa shape index (κ1) is 21.7. The average molecular weight is 496 g/mol. The number of para-hydroxylation sites is 1. The fourth-order valence-electron chi connectivity index (χ4n) is 2.64. The minimum absolute atomic E-state index is 0.110. The summed E-state index contributed by atoms with van der Waals surface area (Å²) < 4.78 is 8.73. The molecule has 3 aromatic rings. The van der Waals surface area contributed by atoms with Gasteiger partial charge in [-0.2, -0.15) is 0 Å². The van der Waals surface area contributed by atoms with Gasteiger partial charge in [0.2, 0.25) is 5.91 Å². The summed E-state index contributed by atoms with van der Waals surface area (Å²) in [7, 11) is 1.85. The van der Waals surface area contributed by atoms with Crippen molar-refractivity contribution in [2.75, 3.05) is 11.1 Å². The van der Waals surface area contributed by atoms with Gasteiger partial charge in [-0.3, -0.25) is 4.79 Å². The monoisotopic (exact) mass is 494 g/mol. The molecule has 1 atom stereocenters. The summed E-state index contributed by atoms with van der Waals surface area (Å²) in [5, 5.41) is 12.5. The van der Waals surface area contributed by atoms with E-state index >= 15 is 0 Å². The molecular formula is C20H20BrClN4O2S. The SMILES string of the molecule is Cc1cc(NC(=O)CSc2nnc([C@@H](C)Oc3ccccc3Cl)n2C)ccc1Br. The summed E-state index contributed by atoms with van der Waals surface area (Å²) in [5.74, 6) is 1.35. The highest BCUT2D eigenvalue weighted by molar-refractivity contribution is 9.10. The number of nitrogens with zero attached hydrogens (tertiary/aromatic N) is 3. The number of thioether (sulfide) groups is 1. The number of nitrogens with one attached hydrogen (secondary N) is 1. The number of hydrogen-bond donors (Lipinski definition) is 1. The number of benzene rings is 2. The summed E-state index contributed by atoms with van der Waals surface area (Å²) in [6, 6.07) is 13.0. The Bertz CT molecular complexity index is 1030. The fraction of sp³-hybridized carbons (Fsp3) is 0.250. The lowest BCUT2D eigenvalue weighted by atomic mass is 10.2. The van der Waals surface area contributed by atoms with Crippen LogP contribution >= 0.6 is 39.3 Å². The van der Waals surface area contributed by atoms with Gasteiger partial charge >= 0.3 is 0 Å². The smallest absolute Gasteiger partial charge is 0.234 e. The van der Waals surface area contributed by atoms with Crippen LogP contribution in [0.15, 0.2) is 52.1 Å². The van der Waals surface area contributed by atoms with E-state index in [-0.39, 0.29) is 17.8 Å². The number of carbonyl (C=O) groups excluding carboxylic acids is 1. The molecule has 0 aliphatic rings. The van der Waals surface area contributed by atoms with Crippen LogP contribution < -0.4 is 10.1 Å². The summed E-state index contributed by atoms with van der Waals surface area (Å²) in [5.41, 5.74) is 1.82. The molecule has 29 heavy (non-hydrogen) atoms. The highest BCUT2D eigenvalue weighted by Gasteiger charge is 2.19. The second kappa shape index (κ2) is 9.65. The molecule has 0 aliphatic heterocycles. The molecule has 0 saturated carbocycles. The number of anilines is 1.